The first-order chi connectivity index (χ1) is 10.9. The average molecular weight is 303 g/mol. The molecule has 3 aromatic rings. The van der Waals surface area contributed by atoms with E-state index in [0.29, 0.717) is 4.88 Å². The number of rotatable bonds is 4. The molecule has 0 bridgehead atoms. The highest BCUT2D eigenvalue weighted by molar-refractivity contribution is 7.11. The van der Waals surface area contributed by atoms with E-state index in [1.165, 1.54) is 11.3 Å². The maximum Gasteiger partial charge on any atom is 0.129 e. The molecule has 0 aliphatic heterocycles. The van der Waals surface area contributed by atoms with Crippen LogP contribution in [0.15, 0.2) is 77.2 Å². The molecular formula is C18H13N3S. The molecular weight excluding hydrogens is 290 g/mol. The van der Waals surface area contributed by atoms with Gasteiger partial charge in [0.2, 0.25) is 0 Å². The van der Waals surface area contributed by atoms with Crippen LogP contribution in [-0.4, -0.2) is 5.71 Å². The first-order valence-corrected chi connectivity index (χ1v) is 7.68. The minimum absolute atomic E-state index is 0.629. The normalized spacial score (nSPS) is 9.77. The summed E-state index contributed by atoms with van der Waals surface area (Å²) >= 11 is 1.40. The molecule has 3 nitrogen and oxygen atoms in total. The quantitative estimate of drug-likeness (QED) is 0.570. The van der Waals surface area contributed by atoms with Crippen molar-refractivity contribution in [1.82, 2.24) is 0 Å². The van der Waals surface area contributed by atoms with Gasteiger partial charge in [-0.2, -0.15) is 10.4 Å². The lowest BCUT2D eigenvalue weighted by Crippen LogP contribution is -2.06. The van der Waals surface area contributed by atoms with Gasteiger partial charge in [0.1, 0.15) is 10.9 Å². The second kappa shape index (κ2) is 6.70. The molecule has 0 saturated heterocycles. The number of hydrazone groups is 1. The third-order valence-corrected chi connectivity index (χ3v) is 3.97. The fourth-order valence-corrected chi connectivity index (χ4v) is 2.72. The summed E-state index contributed by atoms with van der Waals surface area (Å²) in [6, 6.07) is 24.0. The zero-order chi connectivity index (χ0) is 15.2. The number of nitrogens with zero attached hydrogens (tertiary/aromatic N) is 2. The Labute approximate surface area is 133 Å². The van der Waals surface area contributed by atoms with Crippen molar-refractivity contribution in [1.29, 1.82) is 5.26 Å². The Morgan fingerprint density at radius 3 is 2.05 bits per heavy atom. The number of hydrogen-bond donors (Lipinski definition) is 1. The third kappa shape index (κ3) is 3.05. The summed E-state index contributed by atoms with van der Waals surface area (Å²) < 4.78 is 0. The molecule has 0 radical (unpaired) electrons. The van der Waals surface area contributed by atoms with E-state index in [0.717, 1.165) is 22.5 Å². The van der Waals surface area contributed by atoms with Crippen molar-refractivity contribution in [2.24, 2.45) is 5.10 Å². The van der Waals surface area contributed by atoms with E-state index in [4.69, 9.17) is 5.26 Å². The molecule has 0 saturated carbocycles. The van der Waals surface area contributed by atoms with Gasteiger partial charge in [0, 0.05) is 11.1 Å². The summed E-state index contributed by atoms with van der Waals surface area (Å²) in [6.45, 7) is 0. The van der Waals surface area contributed by atoms with Crippen molar-refractivity contribution in [3.8, 4) is 6.07 Å². The number of nitrogens with one attached hydrogen (secondary N) is 1. The maximum atomic E-state index is 9.08. The van der Waals surface area contributed by atoms with Crippen molar-refractivity contribution >= 4 is 22.7 Å². The summed E-state index contributed by atoms with van der Waals surface area (Å²) in [5.41, 5.74) is 6.64. The van der Waals surface area contributed by atoms with Gasteiger partial charge < -0.3 is 0 Å². The predicted octanol–water partition coefficient (Wildman–Crippen LogP) is 4.48. The Morgan fingerprint density at radius 1 is 0.909 bits per heavy atom. The Morgan fingerprint density at radius 2 is 1.50 bits per heavy atom. The van der Waals surface area contributed by atoms with Crippen LogP contribution in [0.4, 0.5) is 5.69 Å². The van der Waals surface area contributed by atoms with Gasteiger partial charge in [-0.3, -0.25) is 5.43 Å². The van der Waals surface area contributed by atoms with Crippen molar-refractivity contribution in [3.63, 3.8) is 0 Å². The van der Waals surface area contributed by atoms with Gasteiger partial charge >= 0.3 is 0 Å². The van der Waals surface area contributed by atoms with Crippen LogP contribution in [0.3, 0.4) is 0 Å². The zero-order valence-corrected chi connectivity index (χ0v) is 12.5. The van der Waals surface area contributed by atoms with E-state index < -0.39 is 0 Å². The average Bonchev–Trinajstić information content (AvgIpc) is 3.05. The summed E-state index contributed by atoms with van der Waals surface area (Å²) in [5, 5.41) is 15.5. The van der Waals surface area contributed by atoms with Crippen molar-refractivity contribution < 1.29 is 0 Å². The molecule has 0 atom stereocenters. The van der Waals surface area contributed by atoms with Crippen LogP contribution in [-0.2, 0) is 0 Å². The molecule has 0 amide bonds. The van der Waals surface area contributed by atoms with Crippen LogP contribution in [0.5, 0.6) is 0 Å². The lowest BCUT2D eigenvalue weighted by molar-refractivity contribution is 1.33. The van der Waals surface area contributed by atoms with Gasteiger partial charge in [0.05, 0.1) is 11.4 Å². The largest absolute Gasteiger partial charge is 0.276 e. The molecule has 22 heavy (non-hydrogen) atoms. The number of nitriles is 1. The second-order valence-corrected chi connectivity index (χ2v) is 5.50. The smallest absolute Gasteiger partial charge is 0.129 e. The van der Waals surface area contributed by atoms with E-state index in [2.05, 4.69) is 16.6 Å². The van der Waals surface area contributed by atoms with E-state index in [9.17, 15) is 0 Å². The first kappa shape index (κ1) is 14.1. The zero-order valence-electron chi connectivity index (χ0n) is 11.7. The summed E-state index contributed by atoms with van der Waals surface area (Å²) in [5.74, 6) is 0. The first-order valence-electron chi connectivity index (χ1n) is 6.80. The number of thiophene rings is 1. The highest BCUT2D eigenvalue weighted by atomic mass is 32.1. The molecule has 1 heterocycles. The molecule has 1 aromatic heterocycles. The van der Waals surface area contributed by atoms with E-state index in [1.807, 2.05) is 72.1 Å². The Balaban J connectivity index is 1.99. The van der Waals surface area contributed by atoms with Crippen molar-refractivity contribution in [2.45, 2.75) is 0 Å². The lowest BCUT2D eigenvalue weighted by Gasteiger charge is -2.08. The summed E-state index contributed by atoms with van der Waals surface area (Å²) in [4.78, 5) is 0.629. The van der Waals surface area contributed by atoms with Crippen LogP contribution < -0.4 is 5.43 Å². The lowest BCUT2D eigenvalue weighted by atomic mass is 10.0. The molecule has 3 rings (SSSR count). The fourth-order valence-electron chi connectivity index (χ4n) is 2.09. The van der Waals surface area contributed by atoms with Gasteiger partial charge in [-0.25, -0.2) is 0 Å². The van der Waals surface area contributed by atoms with Crippen molar-refractivity contribution in [3.05, 3.63) is 88.1 Å². The highest BCUT2D eigenvalue weighted by Crippen LogP contribution is 2.21. The van der Waals surface area contributed by atoms with Gasteiger partial charge in [0.25, 0.3) is 0 Å². The maximum absolute atomic E-state index is 9.08. The number of anilines is 1. The van der Waals surface area contributed by atoms with Crippen LogP contribution in [0, 0.1) is 11.3 Å². The number of benzene rings is 2. The van der Waals surface area contributed by atoms with Gasteiger partial charge in [0.15, 0.2) is 0 Å². The Bertz CT molecular complexity index is 773. The molecule has 0 unspecified atom stereocenters. The van der Waals surface area contributed by atoms with Gasteiger partial charge in [-0.1, -0.05) is 60.7 Å². The summed E-state index contributed by atoms with van der Waals surface area (Å²) in [6.07, 6.45) is 0. The molecule has 106 valence electrons. The van der Waals surface area contributed by atoms with Crippen LogP contribution >= 0.6 is 11.3 Å². The molecule has 1 N–H and O–H groups in total. The van der Waals surface area contributed by atoms with Gasteiger partial charge in [-0.15, -0.1) is 11.3 Å². The minimum atomic E-state index is 0.629. The minimum Gasteiger partial charge on any atom is -0.276 e. The van der Waals surface area contributed by atoms with Crippen molar-refractivity contribution in [2.75, 3.05) is 5.43 Å². The molecule has 4 heteroatoms. The van der Waals surface area contributed by atoms with Crippen LogP contribution in [0.2, 0.25) is 0 Å². The van der Waals surface area contributed by atoms with Crippen LogP contribution in [0.1, 0.15) is 16.0 Å². The number of hydrogen-bond acceptors (Lipinski definition) is 4. The highest BCUT2D eigenvalue weighted by Gasteiger charge is 2.07. The molecule has 0 fully saturated rings. The second-order valence-electron chi connectivity index (χ2n) is 4.58. The standard InChI is InChI=1S/C18H13N3S/c19-13-17-16(11-12-22-17)20-21-18(14-7-3-1-4-8-14)15-9-5-2-6-10-15/h1-12,20H. The Kier molecular flexibility index (Phi) is 4.28. The van der Waals surface area contributed by atoms with Gasteiger partial charge in [-0.05, 0) is 11.4 Å². The van der Waals surface area contributed by atoms with E-state index >= 15 is 0 Å². The van der Waals surface area contributed by atoms with Crippen LogP contribution in [0.25, 0.3) is 0 Å². The Hall–Kier alpha value is -2.90. The molecule has 0 aliphatic carbocycles. The third-order valence-electron chi connectivity index (χ3n) is 3.15. The predicted molar refractivity (Wildman–Crippen MR) is 91.2 cm³/mol. The summed E-state index contributed by atoms with van der Waals surface area (Å²) in [7, 11) is 0. The molecule has 0 aliphatic rings. The topological polar surface area (TPSA) is 48.2 Å². The van der Waals surface area contributed by atoms with E-state index in [1.54, 1.807) is 0 Å². The monoisotopic (exact) mass is 303 g/mol. The molecule has 2 aromatic carbocycles. The SMILES string of the molecule is N#Cc1sccc1NN=C(c1ccccc1)c1ccccc1. The molecule has 0 spiro atoms. The van der Waals surface area contributed by atoms with E-state index in [-0.39, 0.29) is 0 Å². The fraction of sp³-hybridized carbons (Fsp3) is 0.